The number of carbonyl (C=O) groups excluding carboxylic acids is 1. The number of phenols is 1. The zero-order valence-electron chi connectivity index (χ0n) is 11.3. The summed E-state index contributed by atoms with van der Waals surface area (Å²) in [6, 6.07) is 0.295. The lowest BCUT2D eigenvalue weighted by Crippen LogP contribution is -2.40. The molecule has 8 heteroatoms. The third kappa shape index (κ3) is 3.26. The summed E-state index contributed by atoms with van der Waals surface area (Å²) in [5.41, 5.74) is -2.19. The van der Waals surface area contributed by atoms with Gasteiger partial charge in [-0.05, 0) is 19.4 Å². The monoisotopic (exact) mass is 305 g/mol. The Kier molecular flexibility index (Phi) is 4.82. The molecule has 0 fully saturated rings. The number of hydrogen-bond donors (Lipinski definition) is 3. The average molecular weight is 305 g/mol. The van der Waals surface area contributed by atoms with Crippen molar-refractivity contribution in [2.24, 2.45) is 5.41 Å². The standard InChI is InChI=1S/C13H14F3NO4/c1-3-13(2,12(20)21)5-17-11(19)6-4-7(14)9(16)10(18)8(6)15/h4,18H,3,5H2,1-2H3,(H,17,19)(H,20,21). The summed E-state index contributed by atoms with van der Waals surface area (Å²) in [7, 11) is 0. The lowest BCUT2D eigenvalue weighted by Gasteiger charge is -2.23. The zero-order valence-corrected chi connectivity index (χ0v) is 11.3. The van der Waals surface area contributed by atoms with Crippen molar-refractivity contribution in [1.29, 1.82) is 0 Å². The normalized spacial score (nSPS) is 13.6. The number of benzene rings is 1. The van der Waals surface area contributed by atoms with Gasteiger partial charge in [-0.3, -0.25) is 9.59 Å². The van der Waals surface area contributed by atoms with Crippen molar-refractivity contribution in [2.45, 2.75) is 20.3 Å². The van der Waals surface area contributed by atoms with Gasteiger partial charge in [0.25, 0.3) is 5.91 Å². The molecule has 116 valence electrons. The summed E-state index contributed by atoms with van der Waals surface area (Å²) in [5, 5.41) is 20.2. The molecule has 5 nitrogen and oxygen atoms in total. The molecular weight excluding hydrogens is 291 g/mol. The number of carboxylic acid groups (broad SMARTS) is 1. The number of amides is 1. The van der Waals surface area contributed by atoms with E-state index in [1.807, 2.05) is 0 Å². The molecule has 0 aliphatic rings. The van der Waals surface area contributed by atoms with E-state index in [-0.39, 0.29) is 13.0 Å². The first-order valence-corrected chi connectivity index (χ1v) is 6.02. The van der Waals surface area contributed by atoms with Crippen LogP contribution in [0.15, 0.2) is 6.07 Å². The highest BCUT2D eigenvalue weighted by molar-refractivity contribution is 5.95. The van der Waals surface area contributed by atoms with Crippen LogP contribution in [0.1, 0.15) is 30.6 Å². The third-order valence-electron chi connectivity index (χ3n) is 3.31. The van der Waals surface area contributed by atoms with Gasteiger partial charge in [0.15, 0.2) is 17.4 Å². The second-order valence-electron chi connectivity index (χ2n) is 4.78. The van der Waals surface area contributed by atoms with E-state index >= 15 is 0 Å². The van der Waals surface area contributed by atoms with Crippen molar-refractivity contribution in [3.63, 3.8) is 0 Å². The van der Waals surface area contributed by atoms with E-state index in [0.717, 1.165) is 0 Å². The van der Waals surface area contributed by atoms with Crippen molar-refractivity contribution in [3.8, 4) is 5.75 Å². The number of rotatable bonds is 5. The van der Waals surface area contributed by atoms with Gasteiger partial charge in [-0.25, -0.2) is 8.78 Å². The maximum absolute atomic E-state index is 13.5. The predicted molar refractivity (Wildman–Crippen MR) is 66.3 cm³/mol. The summed E-state index contributed by atoms with van der Waals surface area (Å²) in [4.78, 5) is 22.8. The summed E-state index contributed by atoms with van der Waals surface area (Å²) in [6.07, 6.45) is 0.189. The number of hydrogen-bond acceptors (Lipinski definition) is 3. The lowest BCUT2D eigenvalue weighted by molar-refractivity contribution is -0.147. The molecule has 0 spiro atoms. The van der Waals surface area contributed by atoms with Gasteiger partial charge in [-0.2, -0.15) is 4.39 Å². The van der Waals surface area contributed by atoms with Gasteiger partial charge in [-0.15, -0.1) is 0 Å². The molecule has 0 saturated carbocycles. The molecule has 0 heterocycles. The van der Waals surface area contributed by atoms with Crippen LogP contribution in [0.25, 0.3) is 0 Å². The number of phenolic OH excluding ortho intramolecular Hbond substituents is 1. The SMILES string of the molecule is CCC(C)(CNC(=O)c1cc(F)c(F)c(O)c1F)C(=O)O. The minimum absolute atomic E-state index is 0.189. The molecule has 3 N–H and O–H groups in total. The van der Waals surface area contributed by atoms with Gasteiger partial charge in [0.05, 0.1) is 11.0 Å². The van der Waals surface area contributed by atoms with Crippen molar-refractivity contribution in [1.82, 2.24) is 5.32 Å². The summed E-state index contributed by atoms with van der Waals surface area (Å²) < 4.78 is 39.5. The molecule has 1 rings (SSSR count). The van der Waals surface area contributed by atoms with E-state index in [1.54, 1.807) is 6.92 Å². The van der Waals surface area contributed by atoms with Crippen LogP contribution in [0.2, 0.25) is 0 Å². The van der Waals surface area contributed by atoms with Crippen LogP contribution in [-0.2, 0) is 4.79 Å². The zero-order chi connectivity index (χ0) is 16.4. The number of carbonyl (C=O) groups is 2. The second kappa shape index (κ2) is 6.02. The van der Waals surface area contributed by atoms with E-state index in [2.05, 4.69) is 5.32 Å². The van der Waals surface area contributed by atoms with Gasteiger partial charge in [0, 0.05) is 6.54 Å². The maximum Gasteiger partial charge on any atom is 0.311 e. The van der Waals surface area contributed by atoms with Crippen LogP contribution in [-0.4, -0.2) is 28.6 Å². The molecule has 0 bridgehead atoms. The highest BCUT2D eigenvalue weighted by Gasteiger charge is 2.32. The van der Waals surface area contributed by atoms with E-state index < -0.39 is 46.1 Å². The fourth-order valence-corrected chi connectivity index (χ4v) is 1.48. The fourth-order valence-electron chi connectivity index (χ4n) is 1.48. The van der Waals surface area contributed by atoms with Crippen molar-refractivity contribution >= 4 is 11.9 Å². The summed E-state index contributed by atoms with van der Waals surface area (Å²) in [5.74, 6) is -8.92. The Balaban J connectivity index is 2.99. The molecule has 1 aromatic carbocycles. The minimum Gasteiger partial charge on any atom is -0.503 e. The molecule has 1 aromatic rings. The van der Waals surface area contributed by atoms with E-state index in [4.69, 9.17) is 10.2 Å². The molecule has 0 saturated heterocycles. The molecular formula is C13H14F3NO4. The number of halogens is 3. The molecule has 21 heavy (non-hydrogen) atoms. The van der Waals surface area contributed by atoms with E-state index in [0.29, 0.717) is 6.07 Å². The minimum atomic E-state index is -1.80. The van der Waals surface area contributed by atoms with Crippen molar-refractivity contribution in [2.75, 3.05) is 6.54 Å². The molecule has 0 aliphatic heterocycles. The number of aliphatic carboxylic acids is 1. The number of nitrogens with one attached hydrogen (secondary N) is 1. The number of carboxylic acids is 1. The Morgan fingerprint density at radius 3 is 2.33 bits per heavy atom. The van der Waals surface area contributed by atoms with Gasteiger partial charge >= 0.3 is 5.97 Å². The Morgan fingerprint density at radius 1 is 1.29 bits per heavy atom. The van der Waals surface area contributed by atoms with Crippen LogP contribution >= 0.6 is 0 Å². The van der Waals surface area contributed by atoms with Gasteiger partial charge in [0.1, 0.15) is 0 Å². The van der Waals surface area contributed by atoms with Crippen LogP contribution in [0, 0.1) is 22.9 Å². The highest BCUT2D eigenvalue weighted by atomic mass is 19.2. The van der Waals surface area contributed by atoms with Crippen LogP contribution in [0.3, 0.4) is 0 Å². The molecule has 0 aromatic heterocycles. The average Bonchev–Trinajstić information content (AvgIpc) is 2.45. The van der Waals surface area contributed by atoms with Crippen LogP contribution in [0.4, 0.5) is 13.2 Å². The Morgan fingerprint density at radius 2 is 1.86 bits per heavy atom. The van der Waals surface area contributed by atoms with Crippen molar-refractivity contribution in [3.05, 3.63) is 29.1 Å². The van der Waals surface area contributed by atoms with E-state index in [1.165, 1.54) is 6.92 Å². The third-order valence-corrected chi connectivity index (χ3v) is 3.31. The van der Waals surface area contributed by atoms with Crippen LogP contribution in [0.5, 0.6) is 5.75 Å². The summed E-state index contributed by atoms with van der Waals surface area (Å²) >= 11 is 0. The summed E-state index contributed by atoms with van der Waals surface area (Å²) in [6.45, 7) is 2.62. The molecule has 1 unspecified atom stereocenters. The molecule has 0 radical (unpaired) electrons. The van der Waals surface area contributed by atoms with Crippen molar-refractivity contribution < 1.29 is 33.0 Å². The second-order valence-corrected chi connectivity index (χ2v) is 4.78. The first-order valence-electron chi connectivity index (χ1n) is 6.02. The quantitative estimate of drug-likeness (QED) is 0.727. The molecule has 0 aliphatic carbocycles. The Bertz CT molecular complexity index is 591. The topological polar surface area (TPSA) is 86.6 Å². The first-order chi connectivity index (χ1) is 9.64. The Hall–Kier alpha value is -2.25. The smallest absolute Gasteiger partial charge is 0.311 e. The fraction of sp³-hybridized carbons (Fsp3) is 0.385. The number of aromatic hydroxyl groups is 1. The molecule has 1 amide bonds. The largest absolute Gasteiger partial charge is 0.503 e. The Labute approximate surface area is 118 Å². The predicted octanol–water partition coefficient (Wildman–Crippen LogP) is 2.04. The van der Waals surface area contributed by atoms with Gasteiger partial charge in [-0.1, -0.05) is 6.92 Å². The van der Waals surface area contributed by atoms with Crippen LogP contribution < -0.4 is 5.32 Å². The van der Waals surface area contributed by atoms with Gasteiger partial charge < -0.3 is 15.5 Å². The first kappa shape index (κ1) is 16.8. The maximum atomic E-state index is 13.5. The lowest BCUT2D eigenvalue weighted by atomic mass is 9.87. The van der Waals surface area contributed by atoms with Gasteiger partial charge in [0.2, 0.25) is 5.82 Å². The van der Waals surface area contributed by atoms with E-state index in [9.17, 15) is 22.8 Å². The highest BCUT2D eigenvalue weighted by Crippen LogP contribution is 2.26. The molecule has 1 atom stereocenters.